The van der Waals surface area contributed by atoms with Crippen LogP contribution < -0.4 is 19.5 Å². The van der Waals surface area contributed by atoms with Gasteiger partial charge in [0, 0.05) is 12.6 Å². The van der Waals surface area contributed by atoms with Gasteiger partial charge in [-0.25, -0.2) is 0 Å². The number of rotatable bonds is 5. The van der Waals surface area contributed by atoms with Crippen molar-refractivity contribution in [2.45, 2.75) is 19.0 Å². The van der Waals surface area contributed by atoms with E-state index in [2.05, 4.69) is 11.4 Å². The standard InChI is InChI=1S/C18H21NO4/c1-21-16-7-6-12(8-15(16)20)10-19-14-9-13-4-3-5-17(22-2)18(13)23-11-14/h3-8,14,19-20H,9-11H2,1-2H3/t14-/m0/s1. The lowest BCUT2D eigenvalue weighted by Gasteiger charge is -2.27. The Morgan fingerprint density at radius 3 is 2.74 bits per heavy atom. The summed E-state index contributed by atoms with van der Waals surface area (Å²) >= 11 is 0. The molecule has 3 rings (SSSR count). The molecule has 1 atom stereocenters. The highest BCUT2D eigenvalue weighted by Crippen LogP contribution is 2.34. The number of benzene rings is 2. The van der Waals surface area contributed by atoms with Crippen molar-refractivity contribution in [3.05, 3.63) is 47.5 Å². The van der Waals surface area contributed by atoms with E-state index in [-0.39, 0.29) is 11.8 Å². The van der Waals surface area contributed by atoms with Crippen molar-refractivity contribution in [1.29, 1.82) is 0 Å². The van der Waals surface area contributed by atoms with E-state index in [1.54, 1.807) is 19.2 Å². The quantitative estimate of drug-likeness (QED) is 0.888. The number of phenols is 1. The highest BCUT2D eigenvalue weighted by atomic mass is 16.5. The van der Waals surface area contributed by atoms with Gasteiger partial charge < -0.3 is 24.6 Å². The Bertz CT molecular complexity index is 687. The summed E-state index contributed by atoms with van der Waals surface area (Å²) in [7, 11) is 3.19. The Morgan fingerprint density at radius 2 is 2.00 bits per heavy atom. The van der Waals surface area contributed by atoms with E-state index in [1.165, 1.54) is 7.11 Å². The van der Waals surface area contributed by atoms with Crippen molar-refractivity contribution in [2.24, 2.45) is 0 Å². The number of ether oxygens (including phenoxy) is 3. The van der Waals surface area contributed by atoms with E-state index in [0.717, 1.165) is 29.0 Å². The third-order valence-electron chi connectivity index (χ3n) is 4.01. The summed E-state index contributed by atoms with van der Waals surface area (Å²) in [6.07, 6.45) is 0.884. The molecule has 0 amide bonds. The van der Waals surface area contributed by atoms with Crippen molar-refractivity contribution in [1.82, 2.24) is 5.32 Å². The molecule has 1 aliphatic heterocycles. The smallest absolute Gasteiger partial charge is 0.164 e. The van der Waals surface area contributed by atoms with Crippen molar-refractivity contribution in [3.63, 3.8) is 0 Å². The summed E-state index contributed by atoms with van der Waals surface area (Å²) in [5.74, 6) is 2.26. The van der Waals surface area contributed by atoms with Crippen LogP contribution in [0.1, 0.15) is 11.1 Å². The predicted octanol–water partition coefficient (Wildman–Crippen LogP) is 2.50. The lowest BCUT2D eigenvalue weighted by Crippen LogP contribution is -2.38. The molecule has 5 nitrogen and oxygen atoms in total. The number of aromatic hydroxyl groups is 1. The number of hydrogen-bond acceptors (Lipinski definition) is 5. The highest BCUT2D eigenvalue weighted by Gasteiger charge is 2.22. The van der Waals surface area contributed by atoms with E-state index in [0.29, 0.717) is 18.9 Å². The molecule has 2 aromatic carbocycles. The summed E-state index contributed by atoms with van der Waals surface area (Å²) in [5.41, 5.74) is 2.14. The van der Waals surface area contributed by atoms with Crippen molar-refractivity contribution in [2.75, 3.05) is 20.8 Å². The minimum absolute atomic E-state index is 0.154. The van der Waals surface area contributed by atoms with Gasteiger partial charge in [-0.05, 0) is 35.7 Å². The van der Waals surface area contributed by atoms with Crippen molar-refractivity contribution >= 4 is 0 Å². The van der Waals surface area contributed by atoms with E-state index in [4.69, 9.17) is 14.2 Å². The van der Waals surface area contributed by atoms with Gasteiger partial charge in [-0.15, -0.1) is 0 Å². The van der Waals surface area contributed by atoms with Gasteiger partial charge in [-0.3, -0.25) is 0 Å². The molecule has 1 aliphatic rings. The monoisotopic (exact) mass is 315 g/mol. The third kappa shape index (κ3) is 3.35. The zero-order chi connectivity index (χ0) is 16.2. The first-order valence-corrected chi connectivity index (χ1v) is 7.59. The maximum absolute atomic E-state index is 9.82. The van der Waals surface area contributed by atoms with Gasteiger partial charge in [0.2, 0.25) is 0 Å². The van der Waals surface area contributed by atoms with E-state index < -0.39 is 0 Å². The average Bonchev–Trinajstić information content (AvgIpc) is 2.59. The number of phenolic OH excluding ortho intramolecular Hbond substituents is 1. The molecule has 122 valence electrons. The Morgan fingerprint density at radius 1 is 1.17 bits per heavy atom. The fraction of sp³-hybridized carbons (Fsp3) is 0.333. The maximum atomic E-state index is 9.82. The second-order valence-corrected chi connectivity index (χ2v) is 5.55. The van der Waals surface area contributed by atoms with Crippen LogP contribution in [-0.2, 0) is 13.0 Å². The summed E-state index contributed by atoms with van der Waals surface area (Å²) in [5, 5.41) is 13.3. The summed E-state index contributed by atoms with van der Waals surface area (Å²) in [6, 6.07) is 11.6. The second-order valence-electron chi connectivity index (χ2n) is 5.55. The van der Waals surface area contributed by atoms with Gasteiger partial charge in [-0.2, -0.15) is 0 Å². The minimum Gasteiger partial charge on any atom is -0.504 e. The normalized spacial score (nSPS) is 16.3. The Kier molecular flexibility index (Phi) is 4.57. The second kappa shape index (κ2) is 6.79. The van der Waals surface area contributed by atoms with Crippen LogP contribution in [0.3, 0.4) is 0 Å². The minimum atomic E-state index is 0.154. The van der Waals surface area contributed by atoms with Crippen LogP contribution in [0.2, 0.25) is 0 Å². The van der Waals surface area contributed by atoms with Gasteiger partial charge >= 0.3 is 0 Å². The summed E-state index contributed by atoms with van der Waals surface area (Å²) in [4.78, 5) is 0. The van der Waals surface area contributed by atoms with Crippen LogP contribution >= 0.6 is 0 Å². The van der Waals surface area contributed by atoms with Crippen LogP contribution in [0, 0.1) is 0 Å². The number of para-hydroxylation sites is 1. The molecule has 0 saturated heterocycles. The molecule has 0 aromatic heterocycles. The molecule has 0 fully saturated rings. The Balaban J connectivity index is 1.63. The van der Waals surface area contributed by atoms with Gasteiger partial charge in [0.15, 0.2) is 23.0 Å². The SMILES string of the molecule is COc1ccc(CN[C@@H]2COc3c(cccc3OC)C2)cc1O. The third-order valence-corrected chi connectivity index (χ3v) is 4.01. The predicted molar refractivity (Wildman–Crippen MR) is 87.5 cm³/mol. The Hall–Kier alpha value is -2.40. The van der Waals surface area contributed by atoms with Crippen LogP contribution in [-0.4, -0.2) is 32.0 Å². The lowest BCUT2D eigenvalue weighted by molar-refractivity contribution is 0.226. The largest absolute Gasteiger partial charge is 0.504 e. The molecule has 5 heteroatoms. The molecule has 23 heavy (non-hydrogen) atoms. The van der Waals surface area contributed by atoms with E-state index in [1.807, 2.05) is 18.2 Å². The topological polar surface area (TPSA) is 60.0 Å². The van der Waals surface area contributed by atoms with Crippen LogP contribution in [0.15, 0.2) is 36.4 Å². The highest BCUT2D eigenvalue weighted by molar-refractivity contribution is 5.48. The molecular formula is C18H21NO4. The number of methoxy groups -OCH3 is 2. The first-order valence-electron chi connectivity index (χ1n) is 7.59. The molecule has 0 spiro atoms. The van der Waals surface area contributed by atoms with Gasteiger partial charge in [-0.1, -0.05) is 18.2 Å². The van der Waals surface area contributed by atoms with Crippen LogP contribution in [0.4, 0.5) is 0 Å². The maximum Gasteiger partial charge on any atom is 0.164 e. The molecule has 0 unspecified atom stereocenters. The molecule has 2 N–H and O–H groups in total. The molecular weight excluding hydrogens is 294 g/mol. The van der Waals surface area contributed by atoms with E-state index in [9.17, 15) is 5.11 Å². The van der Waals surface area contributed by atoms with Crippen LogP contribution in [0.25, 0.3) is 0 Å². The summed E-state index contributed by atoms with van der Waals surface area (Å²) < 4.78 is 16.2. The number of nitrogens with one attached hydrogen (secondary N) is 1. The molecule has 0 bridgehead atoms. The molecule has 0 aliphatic carbocycles. The summed E-state index contributed by atoms with van der Waals surface area (Å²) in [6.45, 7) is 1.25. The number of hydrogen-bond donors (Lipinski definition) is 2. The molecule has 1 heterocycles. The first kappa shape index (κ1) is 15.5. The van der Waals surface area contributed by atoms with Crippen LogP contribution in [0.5, 0.6) is 23.0 Å². The van der Waals surface area contributed by atoms with Crippen molar-refractivity contribution < 1.29 is 19.3 Å². The lowest BCUT2D eigenvalue weighted by atomic mass is 10.0. The van der Waals surface area contributed by atoms with E-state index >= 15 is 0 Å². The zero-order valence-electron chi connectivity index (χ0n) is 13.3. The first-order chi connectivity index (χ1) is 11.2. The molecule has 0 saturated carbocycles. The van der Waals surface area contributed by atoms with Gasteiger partial charge in [0.1, 0.15) is 6.61 Å². The van der Waals surface area contributed by atoms with Crippen molar-refractivity contribution in [3.8, 4) is 23.0 Å². The van der Waals surface area contributed by atoms with Gasteiger partial charge in [0.25, 0.3) is 0 Å². The zero-order valence-corrected chi connectivity index (χ0v) is 13.3. The molecule has 2 aromatic rings. The Labute approximate surface area is 135 Å². The fourth-order valence-electron chi connectivity index (χ4n) is 2.79. The average molecular weight is 315 g/mol. The fourth-order valence-corrected chi connectivity index (χ4v) is 2.79. The van der Waals surface area contributed by atoms with Gasteiger partial charge in [0.05, 0.1) is 14.2 Å². The molecule has 0 radical (unpaired) electrons. The number of fused-ring (bicyclic) bond motifs is 1.